The second-order valence-corrected chi connectivity index (χ2v) is 5.62. The van der Waals surface area contributed by atoms with Crippen molar-refractivity contribution in [2.24, 2.45) is 0 Å². The van der Waals surface area contributed by atoms with E-state index in [2.05, 4.69) is 20.3 Å². The largest absolute Gasteiger partial charge is 0.465 e. The predicted octanol–water partition coefficient (Wildman–Crippen LogP) is 2.55. The number of carboxylic acid groups (broad SMARTS) is 1. The molecule has 10 heteroatoms. The summed E-state index contributed by atoms with van der Waals surface area (Å²) in [4.78, 5) is 24.1. The quantitative estimate of drug-likeness (QED) is 0.663. The molecule has 1 unspecified atom stereocenters. The number of fused-ring (bicyclic) bond motifs is 1. The van der Waals surface area contributed by atoms with Crippen LogP contribution in [0.3, 0.4) is 0 Å². The molecule has 23 heavy (non-hydrogen) atoms. The average molecular weight is 334 g/mol. The maximum atomic E-state index is 11.0. The second-order valence-electron chi connectivity index (χ2n) is 4.84. The first-order valence-electron chi connectivity index (χ1n) is 6.65. The molecule has 1 amide bonds. The molecule has 0 radical (unpaired) electrons. The van der Waals surface area contributed by atoms with E-state index in [4.69, 9.17) is 15.3 Å². The van der Waals surface area contributed by atoms with E-state index in [1.165, 1.54) is 7.05 Å². The van der Waals surface area contributed by atoms with Gasteiger partial charge in [0, 0.05) is 7.05 Å². The minimum atomic E-state index is -1.20. The number of carbonyl (C=O) groups is 1. The Bertz CT molecular complexity index is 847. The predicted molar refractivity (Wildman–Crippen MR) is 86.8 cm³/mol. The molecule has 1 atom stereocenters. The smallest absolute Gasteiger partial charge is 0.415 e. The van der Waals surface area contributed by atoms with Crippen molar-refractivity contribution < 1.29 is 14.3 Å². The third-order valence-corrected chi connectivity index (χ3v) is 3.94. The first-order chi connectivity index (χ1) is 11.0. The third-order valence-electron chi connectivity index (χ3n) is 3.24. The monoisotopic (exact) mass is 334 g/mol. The standard InChI is InChI=1S/C13H14N6O3S/c1-6(7-3-4-23-5-7)15-9-8-10(18-11(14)17-9)22-12(16-8)19(2)13(20)21/h3-6H,1-2H3,(H,20,21)(H3,14,15,17,18). The van der Waals surface area contributed by atoms with Crippen LogP contribution in [0, 0.1) is 0 Å². The highest BCUT2D eigenvalue weighted by Crippen LogP contribution is 2.28. The molecule has 3 aromatic heterocycles. The van der Waals surface area contributed by atoms with E-state index in [1.807, 2.05) is 23.8 Å². The molecule has 3 heterocycles. The highest BCUT2D eigenvalue weighted by molar-refractivity contribution is 7.08. The fraction of sp³-hybridized carbons (Fsp3) is 0.231. The van der Waals surface area contributed by atoms with Gasteiger partial charge in [-0.3, -0.25) is 0 Å². The SMILES string of the molecule is CC(Nc1nc(N)nc2oc(N(C)C(=O)O)nc12)c1ccsc1. The number of nitrogens with two attached hydrogens (primary N) is 1. The number of aromatic nitrogens is 3. The van der Waals surface area contributed by atoms with E-state index in [0.29, 0.717) is 11.3 Å². The van der Waals surface area contributed by atoms with Crippen molar-refractivity contribution in [1.82, 2.24) is 15.0 Å². The number of hydrogen-bond acceptors (Lipinski definition) is 8. The summed E-state index contributed by atoms with van der Waals surface area (Å²) in [6.07, 6.45) is -1.20. The third kappa shape index (κ3) is 2.88. The summed E-state index contributed by atoms with van der Waals surface area (Å²) in [6, 6.07) is 1.87. The van der Waals surface area contributed by atoms with Gasteiger partial charge in [0.25, 0.3) is 5.71 Å². The highest BCUT2D eigenvalue weighted by Gasteiger charge is 2.21. The zero-order valence-electron chi connectivity index (χ0n) is 12.3. The van der Waals surface area contributed by atoms with Crippen molar-refractivity contribution in [2.75, 3.05) is 23.0 Å². The fourth-order valence-corrected chi connectivity index (χ4v) is 2.72. The van der Waals surface area contributed by atoms with Gasteiger partial charge in [0.05, 0.1) is 6.04 Å². The maximum Gasteiger partial charge on any atom is 0.415 e. The number of anilines is 3. The lowest BCUT2D eigenvalue weighted by atomic mass is 10.2. The minimum Gasteiger partial charge on any atom is -0.465 e. The van der Waals surface area contributed by atoms with Crippen molar-refractivity contribution in [3.8, 4) is 0 Å². The Morgan fingerprint density at radius 2 is 2.26 bits per heavy atom. The highest BCUT2D eigenvalue weighted by atomic mass is 32.1. The Labute approximate surface area is 134 Å². The van der Waals surface area contributed by atoms with E-state index in [9.17, 15) is 4.79 Å². The number of amides is 1. The Morgan fingerprint density at radius 3 is 2.91 bits per heavy atom. The Kier molecular flexibility index (Phi) is 3.74. The van der Waals surface area contributed by atoms with Crippen LogP contribution in [0.5, 0.6) is 0 Å². The van der Waals surface area contributed by atoms with Gasteiger partial charge in [-0.25, -0.2) is 9.69 Å². The fourth-order valence-electron chi connectivity index (χ4n) is 1.96. The molecule has 0 spiro atoms. The zero-order valence-corrected chi connectivity index (χ0v) is 13.2. The minimum absolute atomic E-state index is 0.0122. The van der Waals surface area contributed by atoms with E-state index < -0.39 is 6.09 Å². The van der Waals surface area contributed by atoms with Crippen molar-refractivity contribution in [3.63, 3.8) is 0 Å². The number of thiophene rings is 1. The van der Waals surface area contributed by atoms with Gasteiger partial charge >= 0.3 is 12.1 Å². The second kappa shape index (κ2) is 5.72. The zero-order chi connectivity index (χ0) is 16.6. The van der Waals surface area contributed by atoms with Crippen LogP contribution >= 0.6 is 11.3 Å². The van der Waals surface area contributed by atoms with Crippen LogP contribution in [-0.4, -0.2) is 33.2 Å². The molecule has 0 aliphatic heterocycles. The summed E-state index contributed by atoms with van der Waals surface area (Å²) in [6.45, 7) is 1.97. The van der Waals surface area contributed by atoms with Gasteiger partial charge in [-0.1, -0.05) is 0 Å². The van der Waals surface area contributed by atoms with Gasteiger partial charge < -0.3 is 20.6 Å². The van der Waals surface area contributed by atoms with Crippen molar-refractivity contribution >= 4 is 46.4 Å². The molecule has 120 valence electrons. The molecule has 0 aliphatic carbocycles. The maximum absolute atomic E-state index is 11.0. The topological polar surface area (TPSA) is 130 Å². The molecule has 0 saturated carbocycles. The molecular formula is C13H14N6O3S. The number of oxazole rings is 1. The van der Waals surface area contributed by atoms with Crippen LogP contribution < -0.4 is 16.0 Å². The van der Waals surface area contributed by atoms with Gasteiger partial charge in [0.2, 0.25) is 5.95 Å². The summed E-state index contributed by atoms with van der Waals surface area (Å²) in [5, 5.41) is 16.2. The average Bonchev–Trinajstić information content (AvgIpc) is 3.15. The van der Waals surface area contributed by atoms with E-state index in [-0.39, 0.29) is 23.7 Å². The van der Waals surface area contributed by atoms with E-state index in [0.717, 1.165) is 10.5 Å². The summed E-state index contributed by atoms with van der Waals surface area (Å²) < 4.78 is 5.35. The molecule has 0 fully saturated rings. The summed E-state index contributed by atoms with van der Waals surface area (Å²) >= 11 is 1.59. The Morgan fingerprint density at radius 1 is 1.48 bits per heavy atom. The van der Waals surface area contributed by atoms with Crippen molar-refractivity contribution in [2.45, 2.75) is 13.0 Å². The van der Waals surface area contributed by atoms with E-state index in [1.54, 1.807) is 11.3 Å². The summed E-state index contributed by atoms with van der Waals surface area (Å²) in [7, 11) is 1.32. The van der Waals surface area contributed by atoms with Crippen LogP contribution in [-0.2, 0) is 0 Å². The van der Waals surface area contributed by atoms with Gasteiger partial charge in [-0.05, 0) is 29.3 Å². The van der Waals surface area contributed by atoms with Gasteiger partial charge in [-0.15, -0.1) is 0 Å². The number of rotatable bonds is 4. The molecule has 3 rings (SSSR count). The van der Waals surface area contributed by atoms with Gasteiger partial charge in [0.1, 0.15) is 0 Å². The summed E-state index contributed by atoms with van der Waals surface area (Å²) in [5.74, 6) is 0.401. The van der Waals surface area contributed by atoms with Crippen LogP contribution in [0.1, 0.15) is 18.5 Å². The lowest BCUT2D eigenvalue weighted by Gasteiger charge is -2.13. The van der Waals surface area contributed by atoms with Crippen LogP contribution in [0.4, 0.5) is 22.6 Å². The number of nitrogens with zero attached hydrogens (tertiary/aromatic N) is 4. The normalized spacial score (nSPS) is 12.3. The first kappa shape index (κ1) is 15.0. The lowest BCUT2D eigenvalue weighted by molar-refractivity contribution is 0.202. The molecular weight excluding hydrogens is 320 g/mol. The Balaban J connectivity index is 2.00. The van der Waals surface area contributed by atoms with Gasteiger partial charge in [0.15, 0.2) is 11.3 Å². The summed E-state index contributed by atoms with van der Waals surface area (Å²) in [5.41, 5.74) is 7.23. The number of nitrogens with one attached hydrogen (secondary N) is 1. The number of hydrogen-bond donors (Lipinski definition) is 3. The van der Waals surface area contributed by atoms with Crippen LogP contribution in [0.15, 0.2) is 21.2 Å². The molecule has 0 aliphatic rings. The molecule has 0 bridgehead atoms. The van der Waals surface area contributed by atoms with Crippen molar-refractivity contribution in [1.29, 1.82) is 0 Å². The Hall–Kier alpha value is -2.88. The first-order valence-corrected chi connectivity index (χ1v) is 7.59. The molecule has 4 N–H and O–H groups in total. The molecule has 9 nitrogen and oxygen atoms in total. The lowest BCUT2D eigenvalue weighted by Crippen LogP contribution is -2.23. The van der Waals surface area contributed by atoms with Gasteiger partial charge in [-0.2, -0.15) is 26.3 Å². The molecule has 0 saturated heterocycles. The molecule has 0 aromatic carbocycles. The van der Waals surface area contributed by atoms with Crippen LogP contribution in [0.2, 0.25) is 0 Å². The molecule has 3 aromatic rings. The van der Waals surface area contributed by atoms with E-state index >= 15 is 0 Å². The number of nitrogen functional groups attached to an aromatic ring is 1. The van der Waals surface area contributed by atoms with Crippen LogP contribution in [0.25, 0.3) is 11.2 Å². The van der Waals surface area contributed by atoms with Crippen molar-refractivity contribution in [3.05, 3.63) is 22.4 Å².